The van der Waals surface area contributed by atoms with Crippen LogP contribution in [0, 0.1) is 0 Å². The summed E-state index contributed by atoms with van der Waals surface area (Å²) < 4.78 is 12.2. The Hall–Kier alpha value is -1.34. The van der Waals surface area contributed by atoms with Gasteiger partial charge >= 0.3 is 5.97 Å². The summed E-state index contributed by atoms with van der Waals surface area (Å²) in [6.45, 7) is 0. The molecular formula is C17H9Br2Cl2NO3. The summed E-state index contributed by atoms with van der Waals surface area (Å²) in [6, 6.07) is 8.51. The van der Waals surface area contributed by atoms with Crippen LogP contribution in [0.1, 0.15) is 11.1 Å². The lowest BCUT2D eigenvalue weighted by Crippen LogP contribution is -2.06. The summed E-state index contributed by atoms with van der Waals surface area (Å²) in [6.07, 6.45) is 1.59. The fourth-order valence-corrected chi connectivity index (χ4v) is 4.15. The number of ether oxygens (including phenoxy) is 2. The number of esters is 1. The van der Waals surface area contributed by atoms with Crippen molar-refractivity contribution in [2.45, 2.75) is 0 Å². The minimum atomic E-state index is -0.570. The molecule has 0 aliphatic carbocycles. The number of cyclic esters (lactones) is 1. The average molecular weight is 506 g/mol. The lowest BCUT2D eigenvalue weighted by Gasteiger charge is -2.08. The van der Waals surface area contributed by atoms with Crippen molar-refractivity contribution in [3.8, 4) is 5.75 Å². The summed E-state index contributed by atoms with van der Waals surface area (Å²) in [5.41, 5.74) is 1.30. The molecule has 0 fully saturated rings. The van der Waals surface area contributed by atoms with Crippen molar-refractivity contribution in [3.63, 3.8) is 0 Å². The summed E-state index contributed by atoms with van der Waals surface area (Å²) in [4.78, 5) is 16.4. The van der Waals surface area contributed by atoms with Crippen LogP contribution >= 0.6 is 55.1 Å². The van der Waals surface area contributed by atoms with Gasteiger partial charge in [0.15, 0.2) is 5.70 Å². The van der Waals surface area contributed by atoms with E-state index >= 15 is 0 Å². The summed E-state index contributed by atoms with van der Waals surface area (Å²) in [7, 11) is 1.55. The number of carbonyl (C=O) groups is 1. The Morgan fingerprint density at radius 3 is 2.64 bits per heavy atom. The third kappa shape index (κ3) is 3.92. The zero-order chi connectivity index (χ0) is 18.1. The topological polar surface area (TPSA) is 47.9 Å². The van der Waals surface area contributed by atoms with E-state index in [4.69, 9.17) is 32.7 Å². The standard InChI is InChI=1S/C17H9Br2Cl2NO3/c1-24-15-8(4-9(18)6-12(15)19)5-14-17(23)25-16(22-14)11-3-2-10(20)7-13(11)21/h2-7H,1H3/b14-5-. The highest BCUT2D eigenvalue weighted by Crippen LogP contribution is 2.35. The molecule has 0 aromatic heterocycles. The maximum absolute atomic E-state index is 12.2. The number of hydrogen-bond acceptors (Lipinski definition) is 4. The second-order valence-electron chi connectivity index (χ2n) is 4.97. The van der Waals surface area contributed by atoms with Gasteiger partial charge in [-0.1, -0.05) is 39.1 Å². The number of hydrogen-bond donors (Lipinski definition) is 0. The number of methoxy groups -OCH3 is 1. The SMILES string of the molecule is COc1c(Br)cc(Br)cc1/C=C1\N=C(c2ccc(Cl)cc2Cl)OC1=O. The quantitative estimate of drug-likeness (QED) is 0.387. The molecular weight excluding hydrogens is 497 g/mol. The van der Waals surface area contributed by atoms with Gasteiger partial charge in [0.1, 0.15) is 5.75 Å². The van der Waals surface area contributed by atoms with Crippen LogP contribution < -0.4 is 4.74 Å². The molecule has 0 atom stereocenters. The van der Waals surface area contributed by atoms with E-state index in [9.17, 15) is 4.79 Å². The summed E-state index contributed by atoms with van der Waals surface area (Å²) in [5.74, 6) is 0.141. The molecule has 0 saturated carbocycles. The Bertz CT molecular complexity index is 942. The number of benzene rings is 2. The zero-order valence-corrected chi connectivity index (χ0v) is 17.3. The molecule has 0 radical (unpaired) electrons. The van der Waals surface area contributed by atoms with Gasteiger partial charge in [-0.3, -0.25) is 0 Å². The number of rotatable bonds is 3. The molecule has 2 aromatic rings. The van der Waals surface area contributed by atoms with E-state index in [-0.39, 0.29) is 11.6 Å². The first kappa shape index (κ1) is 18.5. The van der Waals surface area contributed by atoms with Crippen LogP contribution in [0.15, 0.2) is 50.0 Å². The third-order valence-electron chi connectivity index (χ3n) is 3.32. The monoisotopic (exact) mass is 503 g/mol. The molecule has 0 spiro atoms. The van der Waals surface area contributed by atoms with Gasteiger partial charge < -0.3 is 9.47 Å². The van der Waals surface area contributed by atoms with Crippen LogP contribution in [-0.4, -0.2) is 19.0 Å². The molecule has 0 unspecified atom stereocenters. The average Bonchev–Trinajstić information content (AvgIpc) is 2.87. The molecule has 128 valence electrons. The lowest BCUT2D eigenvalue weighted by molar-refractivity contribution is -0.129. The molecule has 3 rings (SSSR count). The van der Waals surface area contributed by atoms with E-state index < -0.39 is 5.97 Å². The van der Waals surface area contributed by atoms with Gasteiger partial charge in [0.2, 0.25) is 5.90 Å². The molecule has 1 heterocycles. The minimum Gasteiger partial charge on any atom is -0.495 e. The largest absolute Gasteiger partial charge is 0.495 e. The van der Waals surface area contributed by atoms with Crippen molar-refractivity contribution in [1.82, 2.24) is 0 Å². The molecule has 25 heavy (non-hydrogen) atoms. The fraction of sp³-hybridized carbons (Fsp3) is 0.0588. The van der Waals surface area contributed by atoms with Gasteiger partial charge in [-0.05, 0) is 52.3 Å². The van der Waals surface area contributed by atoms with Crippen molar-refractivity contribution in [1.29, 1.82) is 0 Å². The molecule has 0 N–H and O–H groups in total. The van der Waals surface area contributed by atoms with Crippen LogP contribution in [0.4, 0.5) is 0 Å². The molecule has 0 saturated heterocycles. The van der Waals surface area contributed by atoms with Gasteiger partial charge in [-0.2, -0.15) is 0 Å². The minimum absolute atomic E-state index is 0.131. The fourth-order valence-electron chi connectivity index (χ4n) is 2.24. The zero-order valence-electron chi connectivity index (χ0n) is 12.6. The Morgan fingerprint density at radius 2 is 1.96 bits per heavy atom. The first-order valence-electron chi connectivity index (χ1n) is 6.90. The highest BCUT2D eigenvalue weighted by molar-refractivity contribution is 9.11. The van der Waals surface area contributed by atoms with Gasteiger partial charge in [0, 0.05) is 15.1 Å². The molecule has 0 bridgehead atoms. The van der Waals surface area contributed by atoms with Gasteiger partial charge in [-0.25, -0.2) is 9.79 Å². The summed E-state index contributed by atoms with van der Waals surface area (Å²) in [5, 5.41) is 0.834. The molecule has 1 aliphatic heterocycles. The van der Waals surface area contributed by atoms with Gasteiger partial charge in [0.25, 0.3) is 0 Å². The van der Waals surface area contributed by atoms with Crippen LogP contribution in [0.25, 0.3) is 6.08 Å². The Kier molecular flexibility index (Phi) is 5.53. The van der Waals surface area contributed by atoms with E-state index in [1.165, 1.54) is 0 Å². The molecule has 1 aliphatic rings. The smallest absolute Gasteiger partial charge is 0.363 e. The van der Waals surface area contributed by atoms with E-state index in [1.54, 1.807) is 31.4 Å². The van der Waals surface area contributed by atoms with Crippen LogP contribution in [0.3, 0.4) is 0 Å². The van der Waals surface area contributed by atoms with E-state index in [0.717, 1.165) is 8.95 Å². The number of aliphatic imine (C=N–C) groups is 1. The second kappa shape index (κ2) is 7.50. The van der Waals surface area contributed by atoms with Crippen LogP contribution in [0.5, 0.6) is 5.75 Å². The molecule has 8 heteroatoms. The Labute approximate surface area is 170 Å². The van der Waals surface area contributed by atoms with E-state index in [1.807, 2.05) is 12.1 Å². The first-order valence-corrected chi connectivity index (χ1v) is 9.24. The highest BCUT2D eigenvalue weighted by Gasteiger charge is 2.26. The maximum atomic E-state index is 12.2. The third-order valence-corrected chi connectivity index (χ3v) is 4.91. The first-order chi connectivity index (χ1) is 11.9. The molecule has 4 nitrogen and oxygen atoms in total. The van der Waals surface area contributed by atoms with E-state index in [2.05, 4.69) is 36.9 Å². The highest BCUT2D eigenvalue weighted by atomic mass is 79.9. The van der Waals surface area contributed by atoms with Crippen molar-refractivity contribution in [3.05, 3.63) is 66.1 Å². The summed E-state index contributed by atoms with van der Waals surface area (Å²) >= 11 is 18.9. The van der Waals surface area contributed by atoms with Crippen molar-refractivity contribution < 1.29 is 14.3 Å². The lowest BCUT2D eigenvalue weighted by atomic mass is 10.1. The van der Waals surface area contributed by atoms with Gasteiger partial charge in [-0.15, -0.1) is 0 Å². The van der Waals surface area contributed by atoms with Gasteiger partial charge in [0.05, 0.1) is 22.2 Å². The molecule has 2 aromatic carbocycles. The molecule has 0 amide bonds. The predicted molar refractivity (Wildman–Crippen MR) is 105 cm³/mol. The van der Waals surface area contributed by atoms with Crippen LogP contribution in [0.2, 0.25) is 10.0 Å². The Balaban J connectivity index is 2.05. The maximum Gasteiger partial charge on any atom is 0.363 e. The number of carbonyl (C=O) groups excluding carboxylic acids is 1. The number of halogens is 4. The second-order valence-corrected chi connectivity index (χ2v) is 7.58. The van der Waals surface area contributed by atoms with Crippen molar-refractivity contribution in [2.24, 2.45) is 4.99 Å². The van der Waals surface area contributed by atoms with E-state index in [0.29, 0.717) is 26.9 Å². The van der Waals surface area contributed by atoms with Crippen molar-refractivity contribution in [2.75, 3.05) is 7.11 Å². The van der Waals surface area contributed by atoms with Crippen LogP contribution in [-0.2, 0) is 9.53 Å². The Morgan fingerprint density at radius 1 is 1.20 bits per heavy atom. The normalized spacial score (nSPS) is 15.3. The van der Waals surface area contributed by atoms with Crippen molar-refractivity contribution >= 4 is 73.0 Å². The predicted octanol–water partition coefficient (Wildman–Crippen LogP) is 5.87. The number of nitrogens with zero attached hydrogens (tertiary/aromatic N) is 1.